The molecule has 0 bridgehead atoms. The Morgan fingerprint density at radius 2 is 1.86 bits per heavy atom. The molecule has 1 aliphatic rings. The second-order valence-corrected chi connectivity index (χ2v) is 10.4. The number of morpholine rings is 1. The minimum atomic E-state index is 0.0923. The second-order valence-electron chi connectivity index (χ2n) is 9.37. The van der Waals surface area contributed by atoms with Gasteiger partial charge in [0.1, 0.15) is 5.52 Å². The zero-order chi connectivity index (χ0) is 24.4. The molecule has 3 heterocycles. The molecule has 2 aromatic heterocycles. The number of thioether (sulfide) groups is 1. The molecule has 1 aliphatic heterocycles. The van der Waals surface area contributed by atoms with Crippen LogP contribution in [0.15, 0.2) is 53.7 Å². The predicted octanol–water partition coefficient (Wildman–Crippen LogP) is 4.84. The molecular weight excluding hydrogens is 458 g/mol. The molecule has 7 nitrogen and oxygen atoms in total. The number of fused-ring (bicyclic) bond motifs is 3. The summed E-state index contributed by atoms with van der Waals surface area (Å²) >= 11 is 1.56. The summed E-state index contributed by atoms with van der Waals surface area (Å²) in [5, 5.41) is 10.7. The second kappa shape index (κ2) is 10.3. The van der Waals surface area contributed by atoms with E-state index in [1.165, 1.54) is 11.1 Å². The first-order valence-electron chi connectivity index (χ1n) is 12.2. The van der Waals surface area contributed by atoms with Crippen molar-refractivity contribution in [2.24, 2.45) is 0 Å². The molecule has 5 rings (SSSR count). The number of carbonyl (C=O) groups excluding carboxylic acids is 1. The number of hydrogen-bond donors (Lipinski definition) is 0. The van der Waals surface area contributed by atoms with Gasteiger partial charge in [0.2, 0.25) is 11.1 Å². The third-order valence-electron chi connectivity index (χ3n) is 6.32. The van der Waals surface area contributed by atoms with Crippen molar-refractivity contribution in [3.05, 3.63) is 59.7 Å². The Morgan fingerprint density at radius 1 is 1.09 bits per heavy atom. The van der Waals surface area contributed by atoms with Crippen molar-refractivity contribution < 1.29 is 9.53 Å². The van der Waals surface area contributed by atoms with Gasteiger partial charge in [0.05, 0.1) is 17.7 Å². The minimum absolute atomic E-state index is 0.0923. The molecule has 0 radical (unpaired) electrons. The first-order valence-corrected chi connectivity index (χ1v) is 13.2. The van der Waals surface area contributed by atoms with E-state index in [9.17, 15) is 4.79 Å². The highest BCUT2D eigenvalue weighted by Gasteiger charge is 2.25. The Balaban J connectivity index is 1.31. The van der Waals surface area contributed by atoms with Crippen LogP contribution in [0.3, 0.4) is 0 Å². The monoisotopic (exact) mass is 489 g/mol. The van der Waals surface area contributed by atoms with E-state index in [1.807, 2.05) is 24.8 Å². The summed E-state index contributed by atoms with van der Waals surface area (Å²) in [4.78, 5) is 19.5. The van der Waals surface area contributed by atoms with Gasteiger partial charge < -0.3 is 14.2 Å². The summed E-state index contributed by atoms with van der Waals surface area (Å²) in [6, 6.07) is 16.8. The van der Waals surface area contributed by atoms with Crippen LogP contribution in [0.1, 0.15) is 37.8 Å². The van der Waals surface area contributed by atoms with E-state index in [1.54, 1.807) is 11.8 Å². The maximum absolute atomic E-state index is 12.6. The summed E-state index contributed by atoms with van der Waals surface area (Å²) in [5.74, 6) is 0.965. The van der Waals surface area contributed by atoms with Crippen molar-refractivity contribution in [2.45, 2.75) is 57.5 Å². The van der Waals surface area contributed by atoms with Crippen molar-refractivity contribution in [1.82, 2.24) is 24.6 Å². The van der Waals surface area contributed by atoms with Crippen LogP contribution in [0.4, 0.5) is 0 Å². The number of rotatable bonds is 7. The highest BCUT2D eigenvalue weighted by Crippen LogP contribution is 2.29. The van der Waals surface area contributed by atoms with E-state index in [0.717, 1.165) is 40.8 Å². The van der Waals surface area contributed by atoms with Crippen LogP contribution in [-0.4, -0.2) is 61.6 Å². The number of ether oxygens (including phenoxy) is 1. The van der Waals surface area contributed by atoms with Gasteiger partial charge in [-0.3, -0.25) is 4.79 Å². The standard InChI is InChI=1S/C27H31N5O2S/c1-18-11-12-23-22(14-18)25-26(32(23)17-21-8-5-4-6-9-21)28-27(30-29-25)35-13-7-10-24(33)31-15-19(2)34-20(3)16-31/h4-6,8-9,11-12,14,19-20H,7,10,13,15-17H2,1-3H3. The maximum atomic E-state index is 12.6. The van der Waals surface area contributed by atoms with E-state index in [2.05, 4.69) is 64.2 Å². The van der Waals surface area contributed by atoms with Gasteiger partial charge in [-0.2, -0.15) is 0 Å². The highest BCUT2D eigenvalue weighted by atomic mass is 32.2. The number of benzene rings is 2. The van der Waals surface area contributed by atoms with Gasteiger partial charge in [0, 0.05) is 37.2 Å². The average Bonchev–Trinajstić information content (AvgIpc) is 3.13. The zero-order valence-electron chi connectivity index (χ0n) is 20.5. The van der Waals surface area contributed by atoms with Crippen LogP contribution in [0.25, 0.3) is 22.1 Å². The van der Waals surface area contributed by atoms with E-state index in [-0.39, 0.29) is 18.1 Å². The summed E-state index contributed by atoms with van der Waals surface area (Å²) in [6.45, 7) is 8.19. The quantitative estimate of drug-likeness (QED) is 0.273. The van der Waals surface area contributed by atoms with Gasteiger partial charge in [-0.15, -0.1) is 10.2 Å². The van der Waals surface area contributed by atoms with Crippen LogP contribution in [-0.2, 0) is 16.1 Å². The van der Waals surface area contributed by atoms with E-state index < -0.39 is 0 Å². The van der Waals surface area contributed by atoms with Crippen molar-refractivity contribution in [3.63, 3.8) is 0 Å². The Hall–Kier alpha value is -2.97. The lowest BCUT2D eigenvalue weighted by Gasteiger charge is -2.35. The van der Waals surface area contributed by atoms with Crippen molar-refractivity contribution in [3.8, 4) is 0 Å². The number of aromatic nitrogens is 4. The molecule has 1 fully saturated rings. The van der Waals surface area contributed by atoms with Gasteiger partial charge in [-0.05, 0) is 44.9 Å². The molecule has 2 atom stereocenters. The van der Waals surface area contributed by atoms with E-state index in [0.29, 0.717) is 24.7 Å². The van der Waals surface area contributed by atoms with Crippen LogP contribution in [0.5, 0.6) is 0 Å². The van der Waals surface area contributed by atoms with Gasteiger partial charge in [-0.1, -0.05) is 53.7 Å². The summed E-state index contributed by atoms with van der Waals surface area (Å²) in [7, 11) is 0. The molecule has 0 saturated carbocycles. The zero-order valence-corrected chi connectivity index (χ0v) is 21.3. The Labute approximate surface area is 209 Å². The smallest absolute Gasteiger partial charge is 0.222 e. The van der Waals surface area contributed by atoms with Crippen LogP contribution < -0.4 is 0 Å². The molecule has 0 aliphatic carbocycles. The summed E-state index contributed by atoms with van der Waals surface area (Å²) in [5.41, 5.74) is 5.18. The molecule has 1 saturated heterocycles. The van der Waals surface area contributed by atoms with Crippen molar-refractivity contribution >= 4 is 39.7 Å². The first kappa shape index (κ1) is 23.8. The highest BCUT2D eigenvalue weighted by molar-refractivity contribution is 7.99. The van der Waals surface area contributed by atoms with E-state index in [4.69, 9.17) is 9.72 Å². The van der Waals surface area contributed by atoms with Crippen LogP contribution in [0.2, 0.25) is 0 Å². The van der Waals surface area contributed by atoms with Crippen LogP contribution in [0, 0.1) is 6.92 Å². The van der Waals surface area contributed by atoms with Crippen LogP contribution >= 0.6 is 11.8 Å². The summed E-state index contributed by atoms with van der Waals surface area (Å²) in [6.07, 6.45) is 1.48. The normalized spacial score (nSPS) is 18.4. The molecule has 0 N–H and O–H groups in total. The molecule has 4 aromatic rings. The SMILES string of the molecule is Cc1ccc2c(c1)c1nnc(SCCCC(=O)N3CC(C)OC(C)C3)nc1n2Cc1ccccc1. The molecule has 0 spiro atoms. The lowest BCUT2D eigenvalue weighted by Crippen LogP contribution is -2.48. The Kier molecular flexibility index (Phi) is 7.02. The lowest BCUT2D eigenvalue weighted by molar-refractivity contribution is -0.143. The largest absolute Gasteiger partial charge is 0.372 e. The number of carbonyl (C=O) groups is 1. The van der Waals surface area contributed by atoms with E-state index >= 15 is 0 Å². The van der Waals surface area contributed by atoms with Gasteiger partial charge in [-0.25, -0.2) is 4.98 Å². The number of nitrogens with zero attached hydrogens (tertiary/aromatic N) is 5. The fourth-order valence-corrected chi connectivity index (χ4v) is 5.49. The number of amides is 1. The van der Waals surface area contributed by atoms with Crippen molar-refractivity contribution in [2.75, 3.05) is 18.8 Å². The minimum Gasteiger partial charge on any atom is -0.372 e. The predicted molar refractivity (Wildman–Crippen MR) is 140 cm³/mol. The molecule has 1 amide bonds. The fourth-order valence-electron chi connectivity index (χ4n) is 4.77. The molecule has 182 valence electrons. The first-order chi connectivity index (χ1) is 17.0. The summed E-state index contributed by atoms with van der Waals surface area (Å²) < 4.78 is 7.96. The Morgan fingerprint density at radius 3 is 2.63 bits per heavy atom. The van der Waals surface area contributed by atoms with Gasteiger partial charge in [0.25, 0.3) is 0 Å². The van der Waals surface area contributed by atoms with Crippen molar-refractivity contribution in [1.29, 1.82) is 0 Å². The molecule has 35 heavy (non-hydrogen) atoms. The molecule has 8 heteroatoms. The maximum Gasteiger partial charge on any atom is 0.222 e. The number of aryl methyl sites for hydroxylation is 1. The Bertz CT molecular complexity index is 1330. The third-order valence-corrected chi connectivity index (χ3v) is 7.25. The molecule has 2 aromatic carbocycles. The fraction of sp³-hybridized carbons (Fsp3) is 0.407. The lowest BCUT2D eigenvalue weighted by atomic mass is 10.1. The number of hydrogen-bond acceptors (Lipinski definition) is 6. The molecular formula is C27H31N5O2S. The topological polar surface area (TPSA) is 73.1 Å². The molecule has 2 unspecified atom stereocenters. The van der Waals surface area contributed by atoms with Gasteiger partial charge in [0.15, 0.2) is 5.65 Å². The average molecular weight is 490 g/mol. The van der Waals surface area contributed by atoms with Gasteiger partial charge >= 0.3 is 0 Å². The third kappa shape index (κ3) is 5.33.